The lowest BCUT2D eigenvalue weighted by atomic mass is 9.48. The van der Waals surface area contributed by atoms with Crippen LogP contribution >= 0.6 is 0 Å². The zero-order valence-corrected chi connectivity index (χ0v) is 15.1. The molecule has 4 fully saturated rings. The average molecular weight is 342 g/mol. The standard InChI is InChI=1S/C19H34O5/c1-18-11-16-10-17(12-18)14-19(13-16,15-18)24-9-8-23-7-6-22-5-4-21-3-2-20/h16-17,20H,2-15H2,1H3. The van der Waals surface area contributed by atoms with Crippen molar-refractivity contribution in [1.82, 2.24) is 0 Å². The van der Waals surface area contributed by atoms with Crippen LogP contribution in [-0.4, -0.2) is 63.6 Å². The zero-order chi connectivity index (χ0) is 16.9. The number of aliphatic hydroxyl groups is 1. The van der Waals surface area contributed by atoms with Crippen molar-refractivity contribution >= 4 is 0 Å². The molecule has 4 bridgehead atoms. The predicted octanol–water partition coefficient (Wildman–Crippen LogP) is 2.40. The molecule has 5 nitrogen and oxygen atoms in total. The molecule has 4 aliphatic carbocycles. The van der Waals surface area contributed by atoms with E-state index >= 15 is 0 Å². The Hall–Kier alpha value is -0.200. The summed E-state index contributed by atoms with van der Waals surface area (Å²) in [4.78, 5) is 0. The lowest BCUT2D eigenvalue weighted by Crippen LogP contribution is -2.56. The van der Waals surface area contributed by atoms with E-state index in [1.165, 1.54) is 38.5 Å². The molecule has 2 atom stereocenters. The molecule has 24 heavy (non-hydrogen) atoms. The lowest BCUT2D eigenvalue weighted by molar-refractivity contribution is -0.193. The molecule has 0 radical (unpaired) electrons. The molecule has 0 heterocycles. The Kier molecular flexibility index (Phi) is 6.55. The summed E-state index contributed by atoms with van der Waals surface area (Å²) in [6.45, 7) is 6.51. The lowest BCUT2D eigenvalue weighted by Gasteiger charge is -2.60. The van der Waals surface area contributed by atoms with E-state index in [0.717, 1.165) is 11.8 Å². The molecule has 0 spiro atoms. The van der Waals surface area contributed by atoms with E-state index in [1.54, 1.807) is 0 Å². The van der Waals surface area contributed by atoms with E-state index in [4.69, 9.17) is 24.1 Å². The van der Waals surface area contributed by atoms with Crippen molar-refractivity contribution in [2.75, 3.05) is 52.9 Å². The van der Waals surface area contributed by atoms with Crippen molar-refractivity contribution in [3.05, 3.63) is 0 Å². The molecule has 0 aromatic heterocycles. The summed E-state index contributed by atoms with van der Waals surface area (Å²) in [5.41, 5.74) is 0.694. The molecule has 0 aromatic rings. The molecule has 2 unspecified atom stereocenters. The number of hydrogen-bond acceptors (Lipinski definition) is 5. The summed E-state index contributed by atoms with van der Waals surface area (Å²) < 4.78 is 22.5. The van der Waals surface area contributed by atoms with Gasteiger partial charge in [-0.15, -0.1) is 0 Å². The maximum atomic E-state index is 8.57. The van der Waals surface area contributed by atoms with Crippen LogP contribution < -0.4 is 0 Å². The SMILES string of the molecule is CC12CC3CC(C1)CC(OCCOCCOCCOCCO)(C3)C2. The third kappa shape index (κ3) is 4.92. The van der Waals surface area contributed by atoms with Gasteiger partial charge in [0.2, 0.25) is 0 Å². The fourth-order valence-electron chi connectivity index (χ4n) is 5.72. The van der Waals surface area contributed by atoms with E-state index in [9.17, 15) is 0 Å². The molecule has 5 heteroatoms. The monoisotopic (exact) mass is 342 g/mol. The third-order valence-electron chi connectivity index (χ3n) is 5.92. The third-order valence-corrected chi connectivity index (χ3v) is 5.92. The van der Waals surface area contributed by atoms with Crippen molar-refractivity contribution in [1.29, 1.82) is 0 Å². The first-order valence-corrected chi connectivity index (χ1v) is 9.61. The largest absolute Gasteiger partial charge is 0.394 e. The first-order valence-electron chi connectivity index (χ1n) is 9.61. The van der Waals surface area contributed by atoms with Crippen LogP contribution in [-0.2, 0) is 18.9 Å². The van der Waals surface area contributed by atoms with Gasteiger partial charge in [-0.25, -0.2) is 0 Å². The highest BCUT2D eigenvalue weighted by Gasteiger charge is 2.56. The van der Waals surface area contributed by atoms with Crippen LogP contribution in [0.4, 0.5) is 0 Å². The number of ether oxygens (including phenoxy) is 4. The Labute approximate surface area is 146 Å². The minimum atomic E-state index is 0.0608. The summed E-state index contributed by atoms with van der Waals surface area (Å²) in [7, 11) is 0. The Balaban J connectivity index is 1.23. The number of rotatable bonds is 12. The smallest absolute Gasteiger partial charge is 0.0708 e. The molecule has 0 aliphatic heterocycles. The van der Waals surface area contributed by atoms with Crippen LogP contribution in [0, 0.1) is 17.3 Å². The molecule has 0 amide bonds. The fraction of sp³-hybridized carbons (Fsp3) is 1.00. The predicted molar refractivity (Wildman–Crippen MR) is 91.0 cm³/mol. The number of hydrogen-bond donors (Lipinski definition) is 1. The molecule has 1 N–H and O–H groups in total. The van der Waals surface area contributed by atoms with E-state index in [1.807, 2.05) is 0 Å². The molecular formula is C19H34O5. The van der Waals surface area contributed by atoms with Crippen molar-refractivity contribution in [3.63, 3.8) is 0 Å². The molecule has 0 saturated heterocycles. The summed E-state index contributed by atoms with van der Waals surface area (Å²) in [6, 6.07) is 0. The van der Waals surface area contributed by atoms with E-state index < -0.39 is 0 Å². The zero-order valence-electron chi connectivity index (χ0n) is 15.1. The van der Waals surface area contributed by atoms with Crippen LogP contribution in [0.3, 0.4) is 0 Å². The maximum absolute atomic E-state index is 8.57. The van der Waals surface area contributed by atoms with Gasteiger partial charge in [-0.3, -0.25) is 0 Å². The van der Waals surface area contributed by atoms with Gasteiger partial charge in [-0.2, -0.15) is 0 Å². The minimum absolute atomic E-state index is 0.0608. The second-order valence-corrected chi connectivity index (χ2v) is 8.36. The van der Waals surface area contributed by atoms with Gasteiger partial charge in [0.05, 0.1) is 58.5 Å². The van der Waals surface area contributed by atoms with Gasteiger partial charge in [0.25, 0.3) is 0 Å². The summed E-state index contributed by atoms with van der Waals surface area (Å²) in [5.74, 6) is 1.80. The quantitative estimate of drug-likeness (QED) is 0.552. The van der Waals surface area contributed by atoms with Gasteiger partial charge < -0.3 is 24.1 Å². The van der Waals surface area contributed by atoms with Gasteiger partial charge in [0.1, 0.15) is 0 Å². The van der Waals surface area contributed by atoms with Gasteiger partial charge in [0, 0.05) is 0 Å². The Morgan fingerprint density at radius 3 is 1.88 bits per heavy atom. The second-order valence-electron chi connectivity index (χ2n) is 8.36. The number of aliphatic hydroxyl groups excluding tert-OH is 1. The van der Waals surface area contributed by atoms with Crippen LogP contribution in [0.1, 0.15) is 45.4 Å². The first-order chi connectivity index (χ1) is 11.6. The van der Waals surface area contributed by atoms with Crippen molar-refractivity contribution < 1.29 is 24.1 Å². The van der Waals surface area contributed by atoms with Crippen LogP contribution in [0.2, 0.25) is 0 Å². The summed E-state index contributed by atoms with van der Waals surface area (Å²) in [6.07, 6.45) is 8.08. The van der Waals surface area contributed by atoms with Crippen molar-refractivity contribution in [2.45, 2.75) is 51.0 Å². The fourth-order valence-corrected chi connectivity index (χ4v) is 5.72. The van der Waals surface area contributed by atoms with E-state index in [2.05, 4.69) is 6.92 Å². The molecule has 140 valence electrons. The topological polar surface area (TPSA) is 57.2 Å². The van der Waals surface area contributed by atoms with Gasteiger partial charge in [-0.1, -0.05) is 6.92 Å². The highest BCUT2D eigenvalue weighted by Crippen LogP contribution is 2.62. The van der Waals surface area contributed by atoms with Gasteiger partial charge >= 0.3 is 0 Å². The van der Waals surface area contributed by atoms with Crippen LogP contribution in [0.5, 0.6) is 0 Å². The normalized spacial score (nSPS) is 37.2. The highest BCUT2D eigenvalue weighted by molar-refractivity contribution is 5.07. The van der Waals surface area contributed by atoms with Crippen molar-refractivity contribution in [2.24, 2.45) is 17.3 Å². The second kappa shape index (κ2) is 8.45. The molecular weight excluding hydrogens is 308 g/mol. The summed E-state index contributed by atoms with van der Waals surface area (Å²) in [5, 5.41) is 8.57. The minimum Gasteiger partial charge on any atom is -0.394 e. The Bertz CT molecular complexity index is 372. The molecule has 0 aromatic carbocycles. The Morgan fingerprint density at radius 2 is 1.33 bits per heavy atom. The van der Waals surface area contributed by atoms with Crippen molar-refractivity contribution in [3.8, 4) is 0 Å². The highest BCUT2D eigenvalue weighted by atomic mass is 16.6. The first kappa shape index (κ1) is 18.6. The molecule has 4 rings (SSSR count). The Morgan fingerprint density at radius 1 is 0.792 bits per heavy atom. The van der Waals surface area contributed by atoms with Crippen LogP contribution in [0.25, 0.3) is 0 Å². The van der Waals surface area contributed by atoms with Gasteiger partial charge in [0.15, 0.2) is 0 Å². The molecule has 4 aliphatic rings. The molecule has 4 saturated carbocycles. The summed E-state index contributed by atoms with van der Waals surface area (Å²) >= 11 is 0. The van der Waals surface area contributed by atoms with Crippen LogP contribution in [0.15, 0.2) is 0 Å². The maximum Gasteiger partial charge on any atom is 0.0708 e. The van der Waals surface area contributed by atoms with E-state index in [-0.39, 0.29) is 12.2 Å². The van der Waals surface area contributed by atoms with E-state index in [0.29, 0.717) is 51.7 Å². The van der Waals surface area contributed by atoms with Gasteiger partial charge in [-0.05, 0) is 55.8 Å². The average Bonchev–Trinajstić information content (AvgIpc) is 2.50.